The number of benzene rings is 1. The lowest BCUT2D eigenvalue weighted by atomic mass is 10.1. The Morgan fingerprint density at radius 2 is 2.05 bits per heavy atom. The van der Waals surface area contributed by atoms with Gasteiger partial charge in [-0.3, -0.25) is 9.69 Å². The Morgan fingerprint density at radius 1 is 1.33 bits per heavy atom. The molecule has 0 radical (unpaired) electrons. The summed E-state index contributed by atoms with van der Waals surface area (Å²) in [5.74, 6) is 0.743. The summed E-state index contributed by atoms with van der Waals surface area (Å²) in [5, 5.41) is 6.24. The van der Waals surface area contributed by atoms with Crippen LogP contribution in [0.2, 0.25) is 0 Å². The number of nitrogens with zero attached hydrogens (tertiary/aromatic N) is 1. The van der Waals surface area contributed by atoms with Crippen molar-refractivity contribution in [1.29, 1.82) is 0 Å². The van der Waals surface area contributed by atoms with Gasteiger partial charge in [0.15, 0.2) is 0 Å². The van der Waals surface area contributed by atoms with Crippen LogP contribution in [0.25, 0.3) is 0 Å². The van der Waals surface area contributed by atoms with Gasteiger partial charge in [0.05, 0.1) is 18.8 Å². The van der Waals surface area contributed by atoms with Crippen molar-refractivity contribution in [3.8, 4) is 5.75 Å². The maximum atomic E-state index is 12.2. The van der Waals surface area contributed by atoms with Gasteiger partial charge >= 0.3 is 0 Å². The molecule has 0 unspecified atom stereocenters. The van der Waals surface area contributed by atoms with Crippen LogP contribution in [0, 0.1) is 0 Å². The Labute approximate surface area is 126 Å². The summed E-state index contributed by atoms with van der Waals surface area (Å²) < 4.78 is 5.52. The maximum Gasteiger partial charge on any atom is 0.238 e. The molecule has 0 atom stereocenters. The first kappa shape index (κ1) is 15.8. The molecular weight excluding hydrogens is 266 g/mol. The number of carbonyl (C=O) groups excluding carboxylic acids is 1. The highest BCUT2D eigenvalue weighted by atomic mass is 16.5. The SMILES string of the molecule is CCOc1ccccc1NC(=O)CN1CCC(NC)CC1. The number of piperidine rings is 1. The average molecular weight is 291 g/mol. The monoisotopic (exact) mass is 291 g/mol. The summed E-state index contributed by atoms with van der Waals surface area (Å²) in [4.78, 5) is 14.4. The molecule has 1 aliphatic heterocycles. The third-order valence-electron chi connectivity index (χ3n) is 3.82. The standard InChI is InChI=1S/C16H25N3O2/c1-3-21-15-7-5-4-6-14(15)18-16(20)12-19-10-8-13(17-2)9-11-19/h4-7,13,17H,3,8-12H2,1-2H3,(H,18,20). The van der Waals surface area contributed by atoms with E-state index in [2.05, 4.69) is 15.5 Å². The van der Waals surface area contributed by atoms with Crippen LogP contribution < -0.4 is 15.4 Å². The molecule has 1 heterocycles. The minimum atomic E-state index is 0.0186. The van der Waals surface area contributed by atoms with Crippen LogP contribution in [0.4, 0.5) is 5.69 Å². The second-order valence-corrected chi connectivity index (χ2v) is 5.32. The highest BCUT2D eigenvalue weighted by Gasteiger charge is 2.19. The van der Waals surface area contributed by atoms with Crippen LogP contribution in [0.5, 0.6) is 5.75 Å². The molecule has 0 spiro atoms. The molecule has 5 heteroatoms. The number of rotatable bonds is 6. The topological polar surface area (TPSA) is 53.6 Å². The van der Waals surface area contributed by atoms with Gasteiger partial charge < -0.3 is 15.4 Å². The number of nitrogens with one attached hydrogen (secondary N) is 2. The predicted octanol–water partition coefficient (Wildman–Crippen LogP) is 1.71. The molecule has 116 valence electrons. The van der Waals surface area contributed by atoms with E-state index in [1.165, 1.54) is 0 Å². The van der Waals surface area contributed by atoms with Crippen molar-refractivity contribution in [3.05, 3.63) is 24.3 Å². The van der Waals surface area contributed by atoms with E-state index >= 15 is 0 Å². The fraction of sp³-hybridized carbons (Fsp3) is 0.562. The van der Waals surface area contributed by atoms with Crippen LogP contribution in [0.15, 0.2) is 24.3 Å². The van der Waals surface area contributed by atoms with Gasteiger partial charge in [0.2, 0.25) is 5.91 Å². The van der Waals surface area contributed by atoms with Crippen molar-refractivity contribution in [2.45, 2.75) is 25.8 Å². The third-order valence-corrected chi connectivity index (χ3v) is 3.82. The van der Waals surface area contributed by atoms with Crippen molar-refractivity contribution in [1.82, 2.24) is 10.2 Å². The van der Waals surface area contributed by atoms with Gasteiger partial charge in [0, 0.05) is 19.1 Å². The number of ether oxygens (including phenoxy) is 1. The van der Waals surface area contributed by atoms with Crippen molar-refractivity contribution in [3.63, 3.8) is 0 Å². The minimum absolute atomic E-state index is 0.0186. The fourth-order valence-corrected chi connectivity index (χ4v) is 2.62. The zero-order chi connectivity index (χ0) is 15.1. The molecule has 1 aromatic rings. The predicted molar refractivity (Wildman–Crippen MR) is 84.8 cm³/mol. The number of hydrogen-bond donors (Lipinski definition) is 2. The van der Waals surface area contributed by atoms with E-state index in [-0.39, 0.29) is 5.91 Å². The van der Waals surface area contributed by atoms with Crippen molar-refractivity contribution < 1.29 is 9.53 Å². The summed E-state index contributed by atoms with van der Waals surface area (Å²) in [6.07, 6.45) is 2.19. The molecule has 1 saturated heterocycles. The molecule has 0 bridgehead atoms. The van der Waals surface area contributed by atoms with E-state index in [9.17, 15) is 4.79 Å². The first-order valence-electron chi connectivity index (χ1n) is 7.64. The van der Waals surface area contributed by atoms with E-state index < -0.39 is 0 Å². The summed E-state index contributed by atoms with van der Waals surface area (Å²) in [6, 6.07) is 8.14. The van der Waals surface area contributed by atoms with Gasteiger partial charge in [-0.25, -0.2) is 0 Å². The summed E-state index contributed by atoms with van der Waals surface area (Å²) in [7, 11) is 2.00. The van der Waals surface area contributed by atoms with Gasteiger partial charge in [0.25, 0.3) is 0 Å². The maximum absolute atomic E-state index is 12.2. The fourth-order valence-electron chi connectivity index (χ4n) is 2.62. The van der Waals surface area contributed by atoms with Crippen LogP contribution >= 0.6 is 0 Å². The molecule has 1 aliphatic rings. The number of amides is 1. The molecule has 2 rings (SSSR count). The van der Waals surface area contributed by atoms with Crippen molar-refractivity contribution >= 4 is 11.6 Å². The van der Waals surface area contributed by atoms with Gasteiger partial charge in [-0.15, -0.1) is 0 Å². The lowest BCUT2D eigenvalue weighted by Crippen LogP contribution is -2.44. The Morgan fingerprint density at radius 3 is 2.71 bits per heavy atom. The van der Waals surface area contributed by atoms with Gasteiger partial charge in [-0.1, -0.05) is 12.1 Å². The Hall–Kier alpha value is -1.59. The molecule has 1 fully saturated rings. The number of likely N-dealkylation sites (tertiary alicyclic amines) is 1. The first-order chi connectivity index (χ1) is 10.2. The van der Waals surface area contributed by atoms with Gasteiger partial charge in [-0.2, -0.15) is 0 Å². The number of anilines is 1. The lowest BCUT2D eigenvalue weighted by molar-refractivity contribution is -0.117. The van der Waals surface area contributed by atoms with E-state index in [0.29, 0.717) is 19.2 Å². The Kier molecular flexibility index (Phi) is 6.02. The van der Waals surface area contributed by atoms with Crippen molar-refractivity contribution in [2.24, 2.45) is 0 Å². The second kappa shape index (κ2) is 8.00. The molecule has 1 amide bonds. The molecular formula is C16H25N3O2. The Bertz CT molecular complexity index is 457. The number of carbonyl (C=O) groups is 1. The normalized spacial score (nSPS) is 16.7. The smallest absolute Gasteiger partial charge is 0.238 e. The van der Waals surface area contributed by atoms with Crippen LogP contribution in [0.3, 0.4) is 0 Å². The molecule has 1 aromatic carbocycles. The molecule has 21 heavy (non-hydrogen) atoms. The van der Waals surface area contributed by atoms with Crippen LogP contribution in [0.1, 0.15) is 19.8 Å². The van der Waals surface area contributed by atoms with Crippen LogP contribution in [-0.2, 0) is 4.79 Å². The zero-order valence-corrected chi connectivity index (χ0v) is 12.9. The van der Waals surface area contributed by atoms with E-state index in [0.717, 1.165) is 37.4 Å². The van der Waals surface area contributed by atoms with E-state index in [1.54, 1.807) is 0 Å². The lowest BCUT2D eigenvalue weighted by Gasteiger charge is -2.31. The molecule has 0 aliphatic carbocycles. The van der Waals surface area contributed by atoms with E-state index in [4.69, 9.17) is 4.74 Å². The number of para-hydroxylation sites is 2. The molecule has 0 saturated carbocycles. The van der Waals surface area contributed by atoms with Gasteiger partial charge in [-0.05, 0) is 38.9 Å². The largest absolute Gasteiger partial charge is 0.492 e. The average Bonchev–Trinajstić information content (AvgIpc) is 2.50. The molecule has 5 nitrogen and oxygen atoms in total. The summed E-state index contributed by atoms with van der Waals surface area (Å²) in [6.45, 7) is 4.89. The Balaban J connectivity index is 1.85. The molecule has 2 N–H and O–H groups in total. The number of hydrogen-bond acceptors (Lipinski definition) is 4. The summed E-state index contributed by atoms with van der Waals surface area (Å²) >= 11 is 0. The third kappa shape index (κ3) is 4.72. The minimum Gasteiger partial charge on any atom is -0.492 e. The highest BCUT2D eigenvalue weighted by molar-refractivity contribution is 5.93. The first-order valence-corrected chi connectivity index (χ1v) is 7.64. The zero-order valence-electron chi connectivity index (χ0n) is 12.9. The quantitative estimate of drug-likeness (QED) is 0.838. The molecule has 0 aromatic heterocycles. The summed E-state index contributed by atoms with van der Waals surface area (Å²) in [5.41, 5.74) is 0.745. The van der Waals surface area contributed by atoms with E-state index in [1.807, 2.05) is 38.2 Å². The highest BCUT2D eigenvalue weighted by Crippen LogP contribution is 2.23. The van der Waals surface area contributed by atoms with Crippen molar-refractivity contribution in [2.75, 3.05) is 38.6 Å². The van der Waals surface area contributed by atoms with Gasteiger partial charge in [0.1, 0.15) is 5.75 Å². The van der Waals surface area contributed by atoms with Crippen LogP contribution in [-0.4, -0.2) is 50.1 Å². The second-order valence-electron chi connectivity index (χ2n) is 5.32.